The maximum absolute atomic E-state index is 12.5. The van der Waals surface area contributed by atoms with E-state index in [-0.39, 0.29) is 11.3 Å². The zero-order chi connectivity index (χ0) is 16.6. The molecule has 2 aliphatic rings. The molecular weight excluding hydrogens is 330 g/mol. The number of fused-ring (bicyclic) bond motifs is 1. The summed E-state index contributed by atoms with van der Waals surface area (Å²) in [7, 11) is 0. The Morgan fingerprint density at radius 2 is 2.50 bits per heavy atom. The highest BCUT2D eigenvalue weighted by molar-refractivity contribution is 7.09. The highest BCUT2D eigenvalue weighted by atomic mass is 32.1. The van der Waals surface area contributed by atoms with Gasteiger partial charge < -0.3 is 18.8 Å². The first-order valence-electron chi connectivity index (χ1n) is 7.90. The Hall–Kier alpha value is -1.77. The molecule has 2 saturated heterocycles. The highest BCUT2D eigenvalue weighted by Gasteiger charge is 2.52. The number of hydrogen-bond donors (Lipinski definition) is 0. The number of aryl methyl sites for hydroxylation is 1. The standard InChI is InChI=1S/C16H19N3O4S/c1-11-18-13(6-24-11)4-22-9-16-7-19(2-12(16)3-21-8-16)15(20)14-5-23-10-17-14/h5-6,10,12H,2-4,7-9H2,1H3/t12-,16+/m1/s1. The summed E-state index contributed by atoms with van der Waals surface area (Å²) in [5, 5.41) is 3.06. The second kappa shape index (κ2) is 6.27. The van der Waals surface area contributed by atoms with Crippen molar-refractivity contribution in [1.82, 2.24) is 14.9 Å². The van der Waals surface area contributed by atoms with Gasteiger partial charge in [-0.1, -0.05) is 0 Å². The Morgan fingerprint density at radius 3 is 3.25 bits per heavy atom. The number of carbonyl (C=O) groups is 1. The molecule has 7 nitrogen and oxygen atoms in total. The minimum atomic E-state index is -0.134. The monoisotopic (exact) mass is 349 g/mol. The second-order valence-electron chi connectivity index (χ2n) is 6.48. The smallest absolute Gasteiger partial charge is 0.275 e. The van der Waals surface area contributed by atoms with Crippen LogP contribution >= 0.6 is 11.3 Å². The molecule has 2 aromatic rings. The molecule has 0 unspecified atom stereocenters. The third kappa shape index (κ3) is 2.85. The Bertz CT molecular complexity index is 717. The van der Waals surface area contributed by atoms with Gasteiger partial charge in [0, 0.05) is 29.8 Å². The summed E-state index contributed by atoms with van der Waals surface area (Å²) in [5.74, 6) is 0.207. The Morgan fingerprint density at radius 1 is 1.58 bits per heavy atom. The largest absolute Gasteiger partial charge is 0.451 e. The molecule has 0 saturated carbocycles. The van der Waals surface area contributed by atoms with E-state index in [1.54, 1.807) is 11.3 Å². The van der Waals surface area contributed by atoms with E-state index in [9.17, 15) is 4.79 Å². The summed E-state index contributed by atoms with van der Waals surface area (Å²) in [6.07, 6.45) is 2.67. The van der Waals surface area contributed by atoms with Gasteiger partial charge in [0.2, 0.25) is 0 Å². The van der Waals surface area contributed by atoms with Gasteiger partial charge >= 0.3 is 0 Å². The molecule has 0 aliphatic carbocycles. The van der Waals surface area contributed by atoms with Gasteiger partial charge in [0.25, 0.3) is 5.91 Å². The average Bonchev–Trinajstić information content (AvgIpc) is 3.29. The molecule has 4 heterocycles. The van der Waals surface area contributed by atoms with Crippen LogP contribution in [0.5, 0.6) is 0 Å². The van der Waals surface area contributed by atoms with Gasteiger partial charge in [-0.3, -0.25) is 4.79 Å². The van der Waals surface area contributed by atoms with E-state index in [0.29, 0.717) is 51.1 Å². The van der Waals surface area contributed by atoms with Crippen molar-refractivity contribution in [3.63, 3.8) is 0 Å². The van der Waals surface area contributed by atoms with E-state index >= 15 is 0 Å². The lowest BCUT2D eigenvalue weighted by Crippen LogP contribution is -2.37. The second-order valence-corrected chi connectivity index (χ2v) is 7.55. The molecule has 0 aromatic carbocycles. The van der Waals surface area contributed by atoms with E-state index < -0.39 is 0 Å². The van der Waals surface area contributed by atoms with Crippen molar-refractivity contribution in [2.75, 3.05) is 32.9 Å². The Kier molecular flexibility index (Phi) is 4.11. The van der Waals surface area contributed by atoms with Gasteiger partial charge in [0.1, 0.15) is 6.26 Å². The molecule has 128 valence electrons. The van der Waals surface area contributed by atoms with Crippen LogP contribution in [-0.2, 0) is 16.1 Å². The third-order valence-corrected chi connectivity index (χ3v) is 5.59. The average molecular weight is 349 g/mol. The number of nitrogens with zero attached hydrogens (tertiary/aromatic N) is 3. The predicted molar refractivity (Wildman–Crippen MR) is 85.7 cm³/mol. The maximum atomic E-state index is 12.5. The van der Waals surface area contributed by atoms with Gasteiger partial charge in [0.15, 0.2) is 12.1 Å². The fourth-order valence-corrected chi connectivity index (χ4v) is 4.10. The van der Waals surface area contributed by atoms with Crippen LogP contribution in [0.25, 0.3) is 0 Å². The molecule has 2 atom stereocenters. The zero-order valence-electron chi connectivity index (χ0n) is 13.4. The van der Waals surface area contributed by atoms with Gasteiger partial charge in [0.05, 0.1) is 37.1 Å². The lowest BCUT2D eigenvalue weighted by atomic mass is 9.82. The van der Waals surface area contributed by atoms with Crippen LogP contribution in [0.2, 0.25) is 0 Å². The van der Waals surface area contributed by atoms with Crippen LogP contribution < -0.4 is 0 Å². The first kappa shape index (κ1) is 15.7. The Labute approximate surface area is 143 Å². The van der Waals surface area contributed by atoms with E-state index in [2.05, 4.69) is 9.97 Å². The predicted octanol–water partition coefficient (Wildman–Crippen LogP) is 1.74. The number of amides is 1. The summed E-state index contributed by atoms with van der Waals surface area (Å²) in [6.45, 7) is 5.63. The molecule has 0 N–H and O–H groups in total. The van der Waals surface area contributed by atoms with Gasteiger partial charge in [-0.2, -0.15) is 0 Å². The molecule has 8 heteroatoms. The summed E-state index contributed by atoms with van der Waals surface area (Å²) in [4.78, 5) is 22.7. The summed E-state index contributed by atoms with van der Waals surface area (Å²) in [6, 6.07) is 0. The van der Waals surface area contributed by atoms with Crippen LogP contribution in [0.1, 0.15) is 21.2 Å². The van der Waals surface area contributed by atoms with Crippen molar-refractivity contribution < 1.29 is 18.7 Å². The fraction of sp³-hybridized carbons (Fsp3) is 0.562. The zero-order valence-corrected chi connectivity index (χ0v) is 14.3. The topological polar surface area (TPSA) is 77.7 Å². The number of aromatic nitrogens is 2. The number of rotatable bonds is 5. The number of oxazole rings is 1. The minimum absolute atomic E-state index is 0.0901. The molecule has 0 spiro atoms. The van der Waals surface area contributed by atoms with E-state index in [4.69, 9.17) is 13.9 Å². The molecule has 0 bridgehead atoms. The lowest BCUT2D eigenvalue weighted by molar-refractivity contribution is 0.0176. The molecule has 0 radical (unpaired) electrons. The molecule has 2 aliphatic heterocycles. The van der Waals surface area contributed by atoms with E-state index in [1.165, 1.54) is 12.7 Å². The first-order chi connectivity index (χ1) is 11.7. The quantitative estimate of drug-likeness (QED) is 0.818. The molecular formula is C16H19N3O4S. The molecule has 2 fully saturated rings. The normalized spacial score (nSPS) is 26.0. The van der Waals surface area contributed by atoms with Crippen LogP contribution in [0.3, 0.4) is 0 Å². The summed E-state index contributed by atoms with van der Waals surface area (Å²) >= 11 is 1.62. The van der Waals surface area contributed by atoms with Crippen LogP contribution in [0.15, 0.2) is 22.5 Å². The number of likely N-dealkylation sites (tertiary alicyclic amines) is 1. The SMILES string of the molecule is Cc1nc(COC[C@]23COC[C@H]2CN(C(=O)c2cocn2)C3)cs1. The van der Waals surface area contributed by atoms with Crippen LogP contribution in [-0.4, -0.2) is 53.7 Å². The van der Waals surface area contributed by atoms with Crippen molar-refractivity contribution in [3.8, 4) is 0 Å². The third-order valence-electron chi connectivity index (χ3n) is 4.77. The highest BCUT2D eigenvalue weighted by Crippen LogP contribution is 2.42. The molecule has 2 aromatic heterocycles. The lowest BCUT2D eigenvalue weighted by Gasteiger charge is -2.26. The number of ether oxygens (including phenoxy) is 2. The first-order valence-corrected chi connectivity index (χ1v) is 8.78. The summed E-state index contributed by atoms with van der Waals surface area (Å²) in [5.41, 5.74) is 1.17. The number of carbonyl (C=O) groups excluding carboxylic acids is 1. The number of hydrogen-bond acceptors (Lipinski definition) is 7. The maximum Gasteiger partial charge on any atom is 0.275 e. The van der Waals surface area contributed by atoms with Gasteiger partial charge in [-0.05, 0) is 6.92 Å². The molecule has 4 rings (SSSR count). The molecule has 24 heavy (non-hydrogen) atoms. The van der Waals surface area contributed by atoms with Crippen molar-refractivity contribution in [3.05, 3.63) is 34.4 Å². The number of thiazole rings is 1. The van der Waals surface area contributed by atoms with Crippen molar-refractivity contribution in [1.29, 1.82) is 0 Å². The van der Waals surface area contributed by atoms with Crippen molar-refractivity contribution in [2.45, 2.75) is 13.5 Å². The van der Waals surface area contributed by atoms with Gasteiger partial charge in [-0.15, -0.1) is 11.3 Å². The molecule has 1 amide bonds. The van der Waals surface area contributed by atoms with Crippen molar-refractivity contribution in [2.24, 2.45) is 11.3 Å². The van der Waals surface area contributed by atoms with E-state index in [1.807, 2.05) is 17.2 Å². The van der Waals surface area contributed by atoms with Crippen LogP contribution in [0, 0.1) is 18.3 Å². The summed E-state index contributed by atoms with van der Waals surface area (Å²) < 4.78 is 16.5. The van der Waals surface area contributed by atoms with Gasteiger partial charge in [-0.25, -0.2) is 9.97 Å². The van der Waals surface area contributed by atoms with E-state index in [0.717, 1.165) is 10.7 Å². The van der Waals surface area contributed by atoms with Crippen LogP contribution in [0.4, 0.5) is 0 Å². The fourth-order valence-electron chi connectivity index (χ4n) is 3.50. The Balaban J connectivity index is 1.40. The van der Waals surface area contributed by atoms with Crippen molar-refractivity contribution >= 4 is 17.2 Å². The minimum Gasteiger partial charge on any atom is -0.451 e.